The van der Waals surface area contributed by atoms with Gasteiger partial charge in [0.1, 0.15) is 0 Å². The summed E-state index contributed by atoms with van der Waals surface area (Å²) in [6.45, 7) is 9.75. The Morgan fingerprint density at radius 1 is 1.39 bits per heavy atom. The smallest absolute Gasteiger partial charge is 0.358 e. The molecule has 6 heteroatoms. The topological polar surface area (TPSA) is 77.2 Å². The van der Waals surface area contributed by atoms with Crippen LogP contribution in [0.2, 0.25) is 0 Å². The van der Waals surface area contributed by atoms with Gasteiger partial charge in [-0.15, -0.1) is 5.10 Å². The average molecular weight is 255 g/mol. The summed E-state index contributed by atoms with van der Waals surface area (Å²) in [7, 11) is 0. The molecule has 6 nitrogen and oxygen atoms in total. The molecule has 1 heterocycles. The largest absolute Gasteiger partial charge is 0.476 e. The number of nitrogens with zero attached hydrogens (tertiary/aromatic N) is 3. The molecule has 1 N–H and O–H groups in total. The normalized spacial score (nSPS) is 11.4. The summed E-state index contributed by atoms with van der Waals surface area (Å²) < 4.78 is 7.09. The monoisotopic (exact) mass is 255 g/mol. The Balaban J connectivity index is 2.68. The van der Waals surface area contributed by atoms with Crippen LogP contribution >= 0.6 is 0 Å². The molecule has 0 atom stereocenters. The van der Waals surface area contributed by atoms with E-state index in [-0.39, 0.29) is 11.6 Å². The van der Waals surface area contributed by atoms with E-state index in [0.717, 1.165) is 0 Å². The number of aromatic carboxylic acids is 1. The van der Waals surface area contributed by atoms with Crippen LogP contribution < -0.4 is 0 Å². The fourth-order valence-corrected chi connectivity index (χ4v) is 1.68. The lowest BCUT2D eigenvalue weighted by atomic mass is 10.1. The van der Waals surface area contributed by atoms with Crippen molar-refractivity contribution in [2.45, 2.75) is 40.2 Å². The van der Waals surface area contributed by atoms with Gasteiger partial charge in [-0.25, -0.2) is 9.48 Å². The van der Waals surface area contributed by atoms with Gasteiger partial charge in [0.15, 0.2) is 5.69 Å². The third-order valence-electron chi connectivity index (χ3n) is 2.42. The first kappa shape index (κ1) is 14.6. The Morgan fingerprint density at radius 3 is 2.56 bits per heavy atom. The standard InChI is InChI=1S/C12H21N3O3/c1-8(2)7-18-6-5-15-11(9(3)4)10(12(16)17)13-14-15/h8-9H,5-7H2,1-4H3,(H,16,17). The Hall–Kier alpha value is -1.43. The molecule has 0 aromatic carbocycles. The fourth-order valence-electron chi connectivity index (χ4n) is 1.68. The second-order valence-corrected chi connectivity index (χ2v) is 4.98. The quantitative estimate of drug-likeness (QED) is 0.751. The number of rotatable bonds is 7. The van der Waals surface area contributed by atoms with Gasteiger partial charge in [-0.05, 0) is 11.8 Å². The first-order valence-corrected chi connectivity index (χ1v) is 6.17. The van der Waals surface area contributed by atoms with E-state index in [1.807, 2.05) is 13.8 Å². The molecule has 0 saturated heterocycles. The molecular weight excluding hydrogens is 234 g/mol. The molecule has 0 aliphatic heterocycles. The zero-order valence-corrected chi connectivity index (χ0v) is 11.4. The Labute approximate surface area is 107 Å². The molecule has 0 aliphatic rings. The van der Waals surface area contributed by atoms with Gasteiger partial charge in [0.05, 0.1) is 18.8 Å². The molecule has 0 amide bonds. The summed E-state index contributed by atoms with van der Waals surface area (Å²) in [6.07, 6.45) is 0. The SMILES string of the molecule is CC(C)COCCn1nnc(C(=O)O)c1C(C)C. The van der Waals surface area contributed by atoms with Gasteiger partial charge >= 0.3 is 5.97 Å². The predicted octanol–water partition coefficient (Wildman–Crippen LogP) is 1.77. The molecular formula is C12H21N3O3. The van der Waals surface area contributed by atoms with Crippen molar-refractivity contribution in [2.24, 2.45) is 5.92 Å². The van der Waals surface area contributed by atoms with Gasteiger partial charge in [0, 0.05) is 6.61 Å². The summed E-state index contributed by atoms with van der Waals surface area (Å²) in [5.41, 5.74) is 0.685. The van der Waals surface area contributed by atoms with Crippen LogP contribution in [-0.4, -0.2) is 39.3 Å². The van der Waals surface area contributed by atoms with Crippen molar-refractivity contribution in [2.75, 3.05) is 13.2 Å². The van der Waals surface area contributed by atoms with Crippen molar-refractivity contribution < 1.29 is 14.6 Å². The molecule has 1 rings (SSSR count). The van der Waals surface area contributed by atoms with Crippen LogP contribution in [0, 0.1) is 5.92 Å². The molecule has 0 spiro atoms. The van der Waals surface area contributed by atoms with E-state index < -0.39 is 5.97 Å². The van der Waals surface area contributed by atoms with Gasteiger partial charge < -0.3 is 9.84 Å². The molecule has 0 unspecified atom stereocenters. The molecule has 1 aromatic heterocycles. The van der Waals surface area contributed by atoms with E-state index in [1.54, 1.807) is 4.68 Å². The molecule has 102 valence electrons. The minimum Gasteiger partial charge on any atom is -0.476 e. The third kappa shape index (κ3) is 3.80. The summed E-state index contributed by atoms with van der Waals surface area (Å²) in [4.78, 5) is 11.0. The lowest BCUT2D eigenvalue weighted by molar-refractivity contribution is 0.0688. The van der Waals surface area contributed by atoms with Crippen molar-refractivity contribution in [3.8, 4) is 0 Å². The lowest BCUT2D eigenvalue weighted by Crippen LogP contribution is -2.14. The van der Waals surface area contributed by atoms with E-state index in [2.05, 4.69) is 24.2 Å². The van der Waals surface area contributed by atoms with Crippen molar-refractivity contribution in [1.82, 2.24) is 15.0 Å². The second kappa shape index (κ2) is 6.49. The highest BCUT2D eigenvalue weighted by Gasteiger charge is 2.21. The maximum Gasteiger partial charge on any atom is 0.358 e. The van der Waals surface area contributed by atoms with E-state index in [9.17, 15) is 4.79 Å². The van der Waals surface area contributed by atoms with Crippen LogP contribution in [-0.2, 0) is 11.3 Å². The first-order chi connectivity index (χ1) is 8.43. The van der Waals surface area contributed by atoms with Crippen molar-refractivity contribution in [1.29, 1.82) is 0 Å². The molecule has 18 heavy (non-hydrogen) atoms. The van der Waals surface area contributed by atoms with Crippen LogP contribution in [0.4, 0.5) is 0 Å². The fraction of sp³-hybridized carbons (Fsp3) is 0.750. The molecule has 0 saturated carbocycles. The highest BCUT2D eigenvalue weighted by molar-refractivity contribution is 5.86. The van der Waals surface area contributed by atoms with E-state index in [4.69, 9.17) is 9.84 Å². The second-order valence-electron chi connectivity index (χ2n) is 4.98. The van der Waals surface area contributed by atoms with Crippen molar-refractivity contribution in [3.05, 3.63) is 11.4 Å². The van der Waals surface area contributed by atoms with Gasteiger partial charge in [-0.1, -0.05) is 32.9 Å². The Kier molecular flexibility index (Phi) is 5.27. The summed E-state index contributed by atoms with van der Waals surface area (Å²) in [5, 5.41) is 16.6. The molecule has 0 radical (unpaired) electrons. The maximum absolute atomic E-state index is 11.0. The first-order valence-electron chi connectivity index (χ1n) is 6.17. The number of ether oxygens (including phenoxy) is 1. The predicted molar refractivity (Wildman–Crippen MR) is 66.7 cm³/mol. The van der Waals surface area contributed by atoms with E-state index >= 15 is 0 Å². The van der Waals surface area contributed by atoms with Gasteiger partial charge in [0.2, 0.25) is 0 Å². The number of hydrogen-bond acceptors (Lipinski definition) is 4. The van der Waals surface area contributed by atoms with Crippen LogP contribution in [0.5, 0.6) is 0 Å². The van der Waals surface area contributed by atoms with Gasteiger partial charge in [-0.2, -0.15) is 0 Å². The average Bonchev–Trinajstić information content (AvgIpc) is 2.67. The lowest BCUT2D eigenvalue weighted by Gasteiger charge is -2.11. The number of hydrogen-bond donors (Lipinski definition) is 1. The number of carboxylic acid groups (broad SMARTS) is 1. The number of carbonyl (C=O) groups is 1. The highest BCUT2D eigenvalue weighted by atomic mass is 16.5. The molecule has 0 bridgehead atoms. The third-order valence-corrected chi connectivity index (χ3v) is 2.42. The Bertz CT molecular complexity index is 399. The molecule has 1 aromatic rings. The number of carboxylic acids is 1. The van der Waals surface area contributed by atoms with Crippen LogP contribution in [0.25, 0.3) is 0 Å². The number of aromatic nitrogens is 3. The van der Waals surface area contributed by atoms with Crippen molar-refractivity contribution >= 4 is 5.97 Å². The minimum absolute atomic E-state index is 0.0360. The zero-order chi connectivity index (χ0) is 13.7. The Morgan fingerprint density at radius 2 is 2.06 bits per heavy atom. The van der Waals surface area contributed by atoms with Crippen LogP contribution in [0.1, 0.15) is 49.8 Å². The maximum atomic E-state index is 11.0. The zero-order valence-electron chi connectivity index (χ0n) is 11.4. The van der Waals surface area contributed by atoms with Crippen LogP contribution in [0.3, 0.4) is 0 Å². The highest BCUT2D eigenvalue weighted by Crippen LogP contribution is 2.17. The van der Waals surface area contributed by atoms with Crippen LogP contribution in [0.15, 0.2) is 0 Å². The van der Waals surface area contributed by atoms with Crippen molar-refractivity contribution in [3.63, 3.8) is 0 Å². The van der Waals surface area contributed by atoms with E-state index in [0.29, 0.717) is 31.4 Å². The van der Waals surface area contributed by atoms with E-state index in [1.165, 1.54) is 0 Å². The molecule has 0 fully saturated rings. The minimum atomic E-state index is -1.03. The summed E-state index contributed by atoms with van der Waals surface area (Å²) in [5.74, 6) is -0.482. The van der Waals surface area contributed by atoms with Gasteiger partial charge in [0.25, 0.3) is 0 Å². The summed E-state index contributed by atoms with van der Waals surface area (Å²) in [6, 6.07) is 0. The summed E-state index contributed by atoms with van der Waals surface area (Å²) >= 11 is 0. The molecule has 0 aliphatic carbocycles. The van der Waals surface area contributed by atoms with Gasteiger partial charge in [-0.3, -0.25) is 0 Å².